The predicted octanol–water partition coefficient (Wildman–Crippen LogP) is 0.620. The highest BCUT2D eigenvalue weighted by molar-refractivity contribution is 5.78. The summed E-state index contributed by atoms with van der Waals surface area (Å²) in [5.74, 6) is 1.29. The molecule has 2 N–H and O–H groups in total. The van der Waals surface area contributed by atoms with Gasteiger partial charge in [-0.15, -0.1) is 0 Å². The van der Waals surface area contributed by atoms with Gasteiger partial charge in [-0.05, 0) is 18.6 Å². The smallest absolute Gasteiger partial charge is 0.230 e. The number of pyridine rings is 1. The maximum Gasteiger partial charge on any atom is 0.230 e. The van der Waals surface area contributed by atoms with Gasteiger partial charge < -0.3 is 10.2 Å². The molecule has 1 aliphatic rings. The first kappa shape index (κ1) is 14.6. The molecule has 1 fully saturated rings. The number of H-pyrrole nitrogens is 1. The van der Waals surface area contributed by atoms with Crippen molar-refractivity contribution in [3.63, 3.8) is 0 Å². The average Bonchev–Trinajstić information content (AvgIpc) is 3.04. The number of carbonyl (C=O) groups excluding carboxylic acids is 1. The van der Waals surface area contributed by atoms with Crippen molar-refractivity contribution >= 4 is 5.91 Å². The first-order chi connectivity index (χ1) is 10.8. The number of hydrogen-bond acceptors (Lipinski definition) is 5. The van der Waals surface area contributed by atoms with Gasteiger partial charge in [-0.25, -0.2) is 4.98 Å². The van der Waals surface area contributed by atoms with Gasteiger partial charge in [0.05, 0.1) is 6.42 Å². The first-order valence-electron chi connectivity index (χ1n) is 7.59. The normalized spacial score (nSPS) is 18.4. The zero-order valence-corrected chi connectivity index (χ0v) is 12.6. The van der Waals surface area contributed by atoms with Crippen molar-refractivity contribution in [2.75, 3.05) is 19.6 Å². The molecule has 0 radical (unpaired) electrons. The van der Waals surface area contributed by atoms with Gasteiger partial charge >= 0.3 is 0 Å². The van der Waals surface area contributed by atoms with E-state index in [9.17, 15) is 4.79 Å². The van der Waals surface area contributed by atoms with E-state index in [1.165, 1.54) is 0 Å². The van der Waals surface area contributed by atoms with Crippen molar-refractivity contribution in [2.24, 2.45) is 0 Å². The number of rotatable bonds is 4. The highest BCUT2D eigenvalue weighted by atomic mass is 16.2. The van der Waals surface area contributed by atoms with E-state index in [-0.39, 0.29) is 12.3 Å². The molecule has 0 spiro atoms. The summed E-state index contributed by atoms with van der Waals surface area (Å²) < 4.78 is 0. The maximum atomic E-state index is 12.4. The standard InChI is InChI=1S/C15H20N6O/c1-2-12-10-21(8-7-17-12)14(22)9-13-18-15(20-19-13)11-3-5-16-6-4-11/h3-6,12,17H,2,7-10H2,1H3,(H,18,19,20). The lowest BCUT2D eigenvalue weighted by Crippen LogP contribution is -2.52. The summed E-state index contributed by atoms with van der Waals surface area (Å²) >= 11 is 0. The van der Waals surface area contributed by atoms with Gasteiger partial charge in [0.15, 0.2) is 5.82 Å². The number of carbonyl (C=O) groups is 1. The van der Waals surface area contributed by atoms with Gasteiger partial charge in [-0.3, -0.25) is 14.9 Å². The second kappa shape index (κ2) is 6.65. The van der Waals surface area contributed by atoms with Crippen molar-refractivity contribution in [3.05, 3.63) is 30.4 Å². The number of hydrogen-bond donors (Lipinski definition) is 2. The van der Waals surface area contributed by atoms with Crippen LogP contribution in [0, 0.1) is 0 Å². The number of amides is 1. The van der Waals surface area contributed by atoms with Crippen molar-refractivity contribution in [2.45, 2.75) is 25.8 Å². The number of aromatic nitrogens is 4. The molecular weight excluding hydrogens is 280 g/mol. The van der Waals surface area contributed by atoms with Crippen LogP contribution in [0.15, 0.2) is 24.5 Å². The van der Waals surface area contributed by atoms with Crippen LogP contribution in [0.25, 0.3) is 11.4 Å². The molecule has 7 nitrogen and oxygen atoms in total. The average molecular weight is 300 g/mol. The van der Waals surface area contributed by atoms with Gasteiger partial charge in [0.25, 0.3) is 0 Å². The fraction of sp³-hybridized carbons (Fsp3) is 0.467. The summed E-state index contributed by atoms with van der Waals surface area (Å²) in [6.07, 6.45) is 4.68. The van der Waals surface area contributed by atoms with Gasteiger partial charge in [0.1, 0.15) is 5.82 Å². The van der Waals surface area contributed by atoms with Crippen molar-refractivity contribution in [1.82, 2.24) is 30.4 Å². The van der Waals surface area contributed by atoms with E-state index in [1.54, 1.807) is 12.4 Å². The van der Waals surface area contributed by atoms with E-state index >= 15 is 0 Å². The Hall–Kier alpha value is -2.28. The second-order valence-corrected chi connectivity index (χ2v) is 5.42. The Morgan fingerprint density at radius 3 is 3.00 bits per heavy atom. The molecule has 116 valence electrons. The van der Waals surface area contributed by atoms with E-state index in [2.05, 4.69) is 32.4 Å². The number of nitrogens with zero attached hydrogens (tertiary/aromatic N) is 4. The topological polar surface area (TPSA) is 86.8 Å². The molecule has 1 atom stereocenters. The Kier molecular flexibility index (Phi) is 4.43. The van der Waals surface area contributed by atoms with Gasteiger partial charge in [-0.1, -0.05) is 6.92 Å². The van der Waals surface area contributed by atoms with E-state index in [0.29, 0.717) is 17.7 Å². The Labute approximate surface area is 129 Å². The molecule has 2 aromatic rings. The van der Waals surface area contributed by atoms with Crippen LogP contribution in [0.4, 0.5) is 0 Å². The van der Waals surface area contributed by atoms with Crippen LogP contribution in [-0.4, -0.2) is 56.6 Å². The first-order valence-corrected chi connectivity index (χ1v) is 7.59. The van der Waals surface area contributed by atoms with Crippen molar-refractivity contribution in [3.8, 4) is 11.4 Å². The molecule has 0 saturated carbocycles. The Balaban J connectivity index is 1.64. The quantitative estimate of drug-likeness (QED) is 0.864. The van der Waals surface area contributed by atoms with E-state index in [4.69, 9.17) is 0 Å². The molecule has 1 unspecified atom stereocenters. The summed E-state index contributed by atoms with van der Waals surface area (Å²) in [6.45, 7) is 4.49. The van der Waals surface area contributed by atoms with Gasteiger partial charge in [0, 0.05) is 43.6 Å². The Bertz CT molecular complexity index is 626. The molecular formula is C15H20N6O. The molecule has 2 aromatic heterocycles. The molecule has 0 aliphatic carbocycles. The highest BCUT2D eigenvalue weighted by Crippen LogP contribution is 2.13. The molecule has 22 heavy (non-hydrogen) atoms. The summed E-state index contributed by atoms with van der Waals surface area (Å²) in [4.78, 5) is 22.6. The molecule has 0 bridgehead atoms. The summed E-state index contributed by atoms with van der Waals surface area (Å²) in [5, 5.41) is 10.4. The van der Waals surface area contributed by atoms with E-state index in [0.717, 1.165) is 31.6 Å². The van der Waals surface area contributed by atoms with Crippen LogP contribution < -0.4 is 5.32 Å². The summed E-state index contributed by atoms with van der Waals surface area (Å²) in [7, 11) is 0. The SMILES string of the molecule is CCC1CN(C(=O)Cc2nc(-c3ccncc3)n[nH]2)CCN1. The molecule has 1 saturated heterocycles. The minimum Gasteiger partial charge on any atom is -0.339 e. The lowest BCUT2D eigenvalue weighted by molar-refractivity contribution is -0.131. The number of piperazine rings is 1. The van der Waals surface area contributed by atoms with Crippen LogP contribution in [0.2, 0.25) is 0 Å². The highest BCUT2D eigenvalue weighted by Gasteiger charge is 2.23. The Morgan fingerprint density at radius 1 is 1.41 bits per heavy atom. The van der Waals surface area contributed by atoms with Gasteiger partial charge in [-0.2, -0.15) is 5.10 Å². The minimum absolute atomic E-state index is 0.0948. The molecule has 7 heteroatoms. The largest absolute Gasteiger partial charge is 0.339 e. The molecule has 3 heterocycles. The lowest BCUT2D eigenvalue weighted by Gasteiger charge is -2.33. The molecule has 3 rings (SSSR count). The fourth-order valence-corrected chi connectivity index (χ4v) is 2.58. The summed E-state index contributed by atoms with van der Waals surface area (Å²) in [5.41, 5.74) is 0.887. The Morgan fingerprint density at radius 2 is 2.23 bits per heavy atom. The molecule has 1 amide bonds. The van der Waals surface area contributed by atoms with Crippen molar-refractivity contribution < 1.29 is 4.79 Å². The van der Waals surface area contributed by atoms with Crippen LogP contribution in [0.1, 0.15) is 19.2 Å². The zero-order valence-electron chi connectivity index (χ0n) is 12.6. The predicted molar refractivity (Wildman–Crippen MR) is 82.0 cm³/mol. The zero-order chi connectivity index (χ0) is 15.4. The van der Waals surface area contributed by atoms with Crippen LogP contribution in [0.3, 0.4) is 0 Å². The fourth-order valence-electron chi connectivity index (χ4n) is 2.58. The molecule has 1 aliphatic heterocycles. The van der Waals surface area contributed by atoms with Crippen molar-refractivity contribution in [1.29, 1.82) is 0 Å². The monoisotopic (exact) mass is 300 g/mol. The molecule has 0 aromatic carbocycles. The van der Waals surface area contributed by atoms with E-state index < -0.39 is 0 Å². The van der Waals surface area contributed by atoms with Crippen LogP contribution in [0.5, 0.6) is 0 Å². The maximum absolute atomic E-state index is 12.4. The third-order valence-electron chi connectivity index (χ3n) is 3.89. The lowest BCUT2D eigenvalue weighted by atomic mass is 10.1. The summed E-state index contributed by atoms with van der Waals surface area (Å²) in [6, 6.07) is 4.08. The second-order valence-electron chi connectivity index (χ2n) is 5.42. The number of nitrogens with one attached hydrogen (secondary N) is 2. The third-order valence-corrected chi connectivity index (χ3v) is 3.89. The third kappa shape index (κ3) is 3.30. The minimum atomic E-state index is 0.0948. The van der Waals surface area contributed by atoms with Gasteiger partial charge in [0.2, 0.25) is 5.91 Å². The van der Waals surface area contributed by atoms with E-state index in [1.807, 2.05) is 17.0 Å². The van der Waals surface area contributed by atoms with Crippen LogP contribution in [-0.2, 0) is 11.2 Å². The number of aromatic amines is 1. The van der Waals surface area contributed by atoms with Crippen LogP contribution >= 0.6 is 0 Å².